The molecule has 0 aliphatic heterocycles. The van der Waals surface area contributed by atoms with E-state index in [0.717, 1.165) is 5.56 Å². The first-order chi connectivity index (χ1) is 8.27. The van der Waals surface area contributed by atoms with Crippen LogP contribution >= 0.6 is 0 Å². The van der Waals surface area contributed by atoms with Gasteiger partial charge < -0.3 is 14.9 Å². The van der Waals surface area contributed by atoms with Gasteiger partial charge in [-0.1, -0.05) is 30.3 Å². The Balaban J connectivity index is 1.90. The minimum Gasteiger partial charge on any atom is -0.459 e. The van der Waals surface area contributed by atoms with Gasteiger partial charge in [0.25, 0.3) is 0 Å². The van der Waals surface area contributed by atoms with E-state index in [2.05, 4.69) is 4.98 Å². The summed E-state index contributed by atoms with van der Waals surface area (Å²) in [5.74, 6) is -0.403. The molecule has 1 aromatic heterocycles. The molecule has 1 aromatic carbocycles. The van der Waals surface area contributed by atoms with Crippen LogP contribution in [0.25, 0.3) is 0 Å². The van der Waals surface area contributed by atoms with Crippen LogP contribution in [-0.2, 0) is 16.1 Å². The highest BCUT2D eigenvalue weighted by atomic mass is 16.5. The number of aromatic nitrogens is 1. The molecule has 5 nitrogen and oxygen atoms in total. The highest BCUT2D eigenvalue weighted by Crippen LogP contribution is 2.10. The van der Waals surface area contributed by atoms with Crippen molar-refractivity contribution in [2.75, 3.05) is 0 Å². The van der Waals surface area contributed by atoms with Crippen LogP contribution in [0.1, 0.15) is 17.5 Å². The van der Waals surface area contributed by atoms with Crippen molar-refractivity contribution in [2.45, 2.75) is 12.6 Å². The number of benzene rings is 1. The molecular weight excluding hydrogens is 220 g/mol. The molecule has 0 radical (unpaired) electrons. The summed E-state index contributed by atoms with van der Waals surface area (Å²) in [6.07, 6.45) is 2.79. The molecule has 2 aromatic rings. The normalized spacial score (nSPS) is 12.1. The third kappa shape index (κ3) is 2.92. The molecule has 2 rings (SSSR count). The summed E-state index contributed by atoms with van der Waals surface area (Å²) in [5, 5.41) is 0. The Bertz CT molecular complexity index is 468. The molecule has 1 unspecified atom stereocenters. The summed E-state index contributed by atoms with van der Waals surface area (Å²) in [6, 6.07) is 8.39. The maximum Gasteiger partial charge on any atom is 0.332 e. The van der Waals surface area contributed by atoms with Gasteiger partial charge in [-0.3, -0.25) is 0 Å². The molecule has 1 heterocycles. The van der Waals surface area contributed by atoms with Gasteiger partial charge in [-0.15, -0.1) is 0 Å². The van der Waals surface area contributed by atoms with E-state index in [4.69, 9.17) is 14.9 Å². The van der Waals surface area contributed by atoms with Crippen LogP contribution in [0.15, 0.2) is 47.2 Å². The summed E-state index contributed by atoms with van der Waals surface area (Å²) < 4.78 is 9.98. The highest BCUT2D eigenvalue weighted by molar-refractivity contribution is 5.75. The number of oxazole rings is 1. The van der Waals surface area contributed by atoms with E-state index in [-0.39, 0.29) is 12.5 Å². The lowest BCUT2D eigenvalue weighted by atomic mass is 10.2. The lowest BCUT2D eigenvalue weighted by Crippen LogP contribution is -2.23. The number of rotatable bonds is 4. The van der Waals surface area contributed by atoms with Gasteiger partial charge in [0.15, 0.2) is 6.04 Å². The van der Waals surface area contributed by atoms with Crippen molar-refractivity contribution >= 4 is 5.97 Å². The molecule has 88 valence electrons. The quantitative estimate of drug-likeness (QED) is 0.806. The van der Waals surface area contributed by atoms with E-state index in [1.54, 1.807) is 0 Å². The van der Waals surface area contributed by atoms with Crippen molar-refractivity contribution in [1.29, 1.82) is 0 Å². The molecule has 0 saturated carbocycles. The molecule has 0 spiro atoms. The van der Waals surface area contributed by atoms with Gasteiger partial charge in [0.05, 0.1) is 6.20 Å². The van der Waals surface area contributed by atoms with Gasteiger partial charge in [0.2, 0.25) is 5.89 Å². The number of carbonyl (C=O) groups is 1. The van der Waals surface area contributed by atoms with Crippen molar-refractivity contribution in [1.82, 2.24) is 4.98 Å². The largest absolute Gasteiger partial charge is 0.459 e. The number of esters is 1. The second-order valence-corrected chi connectivity index (χ2v) is 3.44. The van der Waals surface area contributed by atoms with E-state index >= 15 is 0 Å². The molecular formula is C12H12N2O3. The lowest BCUT2D eigenvalue weighted by molar-refractivity contribution is -0.147. The van der Waals surface area contributed by atoms with Crippen molar-refractivity contribution in [2.24, 2.45) is 5.73 Å². The first kappa shape index (κ1) is 11.3. The predicted molar refractivity (Wildman–Crippen MR) is 59.7 cm³/mol. The fourth-order valence-corrected chi connectivity index (χ4v) is 1.31. The van der Waals surface area contributed by atoms with Crippen molar-refractivity contribution in [3.05, 3.63) is 54.2 Å². The minimum atomic E-state index is -0.978. The Kier molecular flexibility index (Phi) is 3.52. The second-order valence-electron chi connectivity index (χ2n) is 3.44. The molecule has 2 N–H and O–H groups in total. The van der Waals surface area contributed by atoms with Gasteiger partial charge in [-0.05, 0) is 5.56 Å². The van der Waals surface area contributed by atoms with Crippen molar-refractivity contribution < 1.29 is 13.9 Å². The standard InChI is InChI=1S/C12H12N2O3/c13-10(11-14-6-7-16-11)12(15)17-8-9-4-2-1-3-5-9/h1-7,10H,8,13H2. The monoisotopic (exact) mass is 232 g/mol. The third-order valence-electron chi connectivity index (χ3n) is 2.20. The Morgan fingerprint density at radius 2 is 2.18 bits per heavy atom. The van der Waals surface area contributed by atoms with E-state index in [9.17, 15) is 4.79 Å². The second kappa shape index (κ2) is 5.27. The molecule has 0 aliphatic rings. The zero-order chi connectivity index (χ0) is 12.1. The number of nitrogens with zero attached hydrogens (tertiary/aromatic N) is 1. The summed E-state index contributed by atoms with van der Waals surface area (Å²) in [5.41, 5.74) is 6.52. The minimum absolute atomic E-state index is 0.156. The number of carbonyl (C=O) groups excluding carboxylic acids is 1. The zero-order valence-corrected chi connectivity index (χ0v) is 9.08. The molecule has 0 aliphatic carbocycles. The third-order valence-corrected chi connectivity index (χ3v) is 2.20. The average molecular weight is 232 g/mol. The fourth-order valence-electron chi connectivity index (χ4n) is 1.31. The van der Waals surface area contributed by atoms with Crippen LogP contribution in [-0.4, -0.2) is 11.0 Å². The number of hydrogen-bond acceptors (Lipinski definition) is 5. The number of nitrogens with two attached hydrogens (primary N) is 1. The first-order valence-electron chi connectivity index (χ1n) is 5.13. The summed E-state index contributed by atoms with van der Waals surface area (Å²) in [7, 11) is 0. The molecule has 17 heavy (non-hydrogen) atoms. The smallest absolute Gasteiger partial charge is 0.332 e. The highest BCUT2D eigenvalue weighted by Gasteiger charge is 2.21. The number of hydrogen-bond donors (Lipinski definition) is 1. The molecule has 1 atom stereocenters. The van der Waals surface area contributed by atoms with Crippen LogP contribution in [0.5, 0.6) is 0 Å². The van der Waals surface area contributed by atoms with E-state index in [1.165, 1.54) is 12.5 Å². The number of ether oxygens (including phenoxy) is 1. The Morgan fingerprint density at radius 3 is 2.82 bits per heavy atom. The SMILES string of the molecule is NC(C(=O)OCc1ccccc1)c1ncco1. The zero-order valence-electron chi connectivity index (χ0n) is 9.08. The van der Waals surface area contributed by atoms with E-state index < -0.39 is 12.0 Å². The molecule has 0 bridgehead atoms. The van der Waals surface area contributed by atoms with Crippen LogP contribution in [0.4, 0.5) is 0 Å². The summed E-state index contributed by atoms with van der Waals surface area (Å²) >= 11 is 0. The predicted octanol–water partition coefficient (Wildman–Crippen LogP) is 1.42. The van der Waals surface area contributed by atoms with Gasteiger partial charge >= 0.3 is 5.97 Å². The Hall–Kier alpha value is -2.14. The molecule has 5 heteroatoms. The van der Waals surface area contributed by atoms with Crippen LogP contribution in [0, 0.1) is 0 Å². The maximum atomic E-state index is 11.6. The molecule has 0 saturated heterocycles. The van der Waals surface area contributed by atoms with Crippen molar-refractivity contribution in [3.63, 3.8) is 0 Å². The topological polar surface area (TPSA) is 78.4 Å². The van der Waals surface area contributed by atoms with Gasteiger partial charge in [-0.2, -0.15) is 0 Å². The van der Waals surface area contributed by atoms with E-state index in [0.29, 0.717) is 0 Å². The van der Waals surface area contributed by atoms with Gasteiger partial charge in [0.1, 0.15) is 12.9 Å². The lowest BCUT2D eigenvalue weighted by Gasteiger charge is -2.08. The van der Waals surface area contributed by atoms with Crippen LogP contribution in [0.2, 0.25) is 0 Å². The van der Waals surface area contributed by atoms with Crippen LogP contribution < -0.4 is 5.73 Å². The molecule has 0 fully saturated rings. The van der Waals surface area contributed by atoms with E-state index in [1.807, 2.05) is 30.3 Å². The Labute approximate surface area is 98.2 Å². The first-order valence-corrected chi connectivity index (χ1v) is 5.13. The van der Waals surface area contributed by atoms with Crippen molar-refractivity contribution in [3.8, 4) is 0 Å². The van der Waals surface area contributed by atoms with Gasteiger partial charge in [-0.25, -0.2) is 9.78 Å². The average Bonchev–Trinajstić information content (AvgIpc) is 2.90. The molecule has 0 amide bonds. The summed E-state index contributed by atoms with van der Waals surface area (Å²) in [6.45, 7) is 0.189. The van der Waals surface area contributed by atoms with Gasteiger partial charge in [0, 0.05) is 0 Å². The van der Waals surface area contributed by atoms with Crippen LogP contribution in [0.3, 0.4) is 0 Å². The Morgan fingerprint density at radius 1 is 1.41 bits per heavy atom. The maximum absolute atomic E-state index is 11.6. The summed E-state index contributed by atoms with van der Waals surface area (Å²) in [4.78, 5) is 15.4. The fraction of sp³-hybridized carbons (Fsp3) is 0.167.